The van der Waals surface area contributed by atoms with Gasteiger partial charge in [-0.1, -0.05) is 26.0 Å². The monoisotopic (exact) mass is 409 g/mol. The van der Waals surface area contributed by atoms with Crippen molar-refractivity contribution in [3.63, 3.8) is 0 Å². The Balaban J connectivity index is 2.03. The maximum atomic E-state index is 13.1. The van der Waals surface area contributed by atoms with Gasteiger partial charge in [0.15, 0.2) is 17.2 Å². The molecule has 1 aromatic heterocycles. The third-order valence-corrected chi connectivity index (χ3v) is 5.12. The largest absolute Gasteiger partial charge is 0.493 e. The highest BCUT2D eigenvalue weighted by Crippen LogP contribution is 2.32. The Kier molecular flexibility index (Phi) is 6.98. The smallest absolute Gasteiger partial charge is 0.274 e. The molecule has 0 aliphatic carbocycles. The number of rotatable bonds is 7. The van der Waals surface area contributed by atoms with Crippen LogP contribution in [0.2, 0.25) is 0 Å². The van der Waals surface area contributed by atoms with Crippen LogP contribution >= 0.6 is 0 Å². The Morgan fingerprint density at radius 1 is 1.20 bits per heavy atom. The first-order chi connectivity index (χ1) is 14.5. The molecule has 0 N–H and O–H groups in total. The van der Waals surface area contributed by atoms with Crippen LogP contribution in [-0.2, 0) is 6.42 Å². The fourth-order valence-corrected chi connectivity index (χ4v) is 3.64. The quantitative estimate of drug-likeness (QED) is 0.680. The average molecular weight is 410 g/mol. The van der Waals surface area contributed by atoms with Gasteiger partial charge in [-0.3, -0.25) is 4.79 Å². The number of nitrogens with zero attached hydrogens (tertiary/aromatic N) is 3. The van der Waals surface area contributed by atoms with Gasteiger partial charge in [-0.15, -0.1) is 0 Å². The molecule has 1 aliphatic rings. The third-order valence-electron chi connectivity index (χ3n) is 5.12. The predicted molar refractivity (Wildman–Crippen MR) is 119 cm³/mol. The molecule has 1 aliphatic heterocycles. The summed E-state index contributed by atoms with van der Waals surface area (Å²) < 4.78 is 12.7. The Morgan fingerprint density at radius 3 is 2.63 bits per heavy atom. The molecule has 0 unspecified atom stereocenters. The Labute approximate surface area is 178 Å². The second-order valence-corrected chi connectivity index (χ2v) is 7.76. The molecule has 0 saturated carbocycles. The van der Waals surface area contributed by atoms with Gasteiger partial charge >= 0.3 is 0 Å². The van der Waals surface area contributed by atoms with Crippen LogP contribution in [0.1, 0.15) is 48.9 Å². The topological polar surface area (TPSA) is 56.6 Å². The summed E-state index contributed by atoms with van der Waals surface area (Å²) in [5.41, 5.74) is 3.34. The van der Waals surface area contributed by atoms with Crippen molar-refractivity contribution in [1.82, 2.24) is 14.7 Å². The molecular formula is C24H31N3O3. The van der Waals surface area contributed by atoms with Crippen LogP contribution < -0.4 is 9.47 Å². The van der Waals surface area contributed by atoms with Gasteiger partial charge in [0.1, 0.15) is 0 Å². The lowest BCUT2D eigenvalue weighted by Crippen LogP contribution is -2.34. The van der Waals surface area contributed by atoms with E-state index < -0.39 is 0 Å². The van der Waals surface area contributed by atoms with Gasteiger partial charge in [0, 0.05) is 24.3 Å². The van der Waals surface area contributed by atoms with E-state index in [1.807, 2.05) is 52.9 Å². The minimum atomic E-state index is -0.0231. The Morgan fingerprint density at radius 2 is 1.97 bits per heavy atom. The first-order valence-corrected chi connectivity index (χ1v) is 10.5. The number of ether oxygens (including phenoxy) is 2. The van der Waals surface area contributed by atoms with Crippen LogP contribution in [0.15, 0.2) is 42.5 Å². The highest BCUT2D eigenvalue weighted by atomic mass is 16.5. The fourth-order valence-electron chi connectivity index (χ4n) is 3.64. The van der Waals surface area contributed by atoms with Gasteiger partial charge in [0.25, 0.3) is 5.91 Å². The molecule has 0 bridgehead atoms. The number of hydrogen-bond donors (Lipinski definition) is 0. The first-order valence-electron chi connectivity index (χ1n) is 10.5. The third kappa shape index (κ3) is 4.58. The van der Waals surface area contributed by atoms with E-state index in [4.69, 9.17) is 14.6 Å². The first kappa shape index (κ1) is 21.7. The molecule has 2 heterocycles. The van der Waals surface area contributed by atoms with Gasteiger partial charge < -0.3 is 14.4 Å². The van der Waals surface area contributed by atoms with Crippen LogP contribution in [0.4, 0.5) is 0 Å². The minimum absolute atomic E-state index is 0.0231. The molecule has 6 nitrogen and oxygen atoms in total. The number of hydrogen-bond acceptors (Lipinski definition) is 4. The normalized spacial score (nSPS) is 16.1. The maximum Gasteiger partial charge on any atom is 0.274 e. The Bertz CT molecular complexity index is 957. The summed E-state index contributed by atoms with van der Waals surface area (Å²) in [7, 11) is 3.24. The van der Waals surface area contributed by atoms with Crippen molar-refractivity contribution < 1.29 is 14.3 Å². The molecule has 1 aromatic carbocycles. The average Bonchev–Trinajstić information content (AvgIpc) is 3.14. The van der Waals surface area contributed by atoms with E-state index in [9.17, 15) is 4.79 Å². The van der Waals surface area contributed by atoms with Crippen LogP contribution in [-0.4, -0.2) is 47.9 Å². The summed E-state index contributed by atoms with van der Waals surface area (Å²) in [5.74, 6) is 1.71. The summed E-state index contributed by atoms with van der Waals surface area (Å²) in [5, 5.41) is 4.74. The summed E-state index contributed by atoms with van der Waals surface area (Å²) >= 11 is 0. The van der Waals surface area contributed by atoms with E-state index in [0.29, 0.717) is 29.7 Å². The summed E-state index contributed by atoms with van der Waals surface area (Å²) in [6.07, 6.45) is 7.91. The fraction of sp³-hybridized carbons (Fsp3) is 0.417. The number of carbonyl (C=O) groups is 1. The lowest BCUT2D eigenvalue weighted by atomic mass is 10.1. The Hall–Kier alpha value is -3.02. The number of methoxy groups -OCH3 is 2. The van der Waals surface area contributed by atoms with E-state index in [2.05, 4.69) is 19.9 Å². The van der Waals surface area contributed by atoms with Crippen molar-refractivity contribution >= 4 is 11.6 Å². The minimum Gasteiger partial charge on any atom is -0.493 e. The van der Waals surface area contributed by atoms with E-state index >= 15 is 0 Å². The van der Waals surface area contributed by atoms with Crippen molar-refractivity contribution in [3.8, 4) is 11.5 Å². The van der Waals surface area contributed by atoms with E-state index in [0.717, 1.165) is 36.3 Å². The second-order valence-electron chi connectivity index (χ2n) is 7.76. The van der Waals surface area contributed by atoms with Crippen LogP contribution in [0.3, 0.4) is 0 Å². The molecule has 3 rings (SSSR count). The van der Waals surface area contributed by atoms with Crippen molar-refractivity contribution in [3.05, 3.63) is 59.4 Å². The van der Waals surface area contributed by atoms with Gasteiger partial charge in [-0.25, -0.2) is 4.68 Å². The van der Waals surface area contributed by atoms with Gasteiger partial charge in [0.2, 0.25) is 0 Å². The zero-order chi connectivity index (χ0) is 21.7. The van der Waals surface area contributed by atoms with Crippen molar-refractivity contribution in [2.24, 2.45) is 5.92 Å². The molecule has 6 heteroatoms. The SMILES string of the molecule is CCN(CC(C)C)C(=O)c1cc2n(n1)/C(c1ccc(OC)c(OC)c1)=C\C=C/CC2. The molecule has 0 radical (unpaired) electrons. The van der Waals surface area contributed by atoms with Gasteiger partial charge in [-0.05, 0) is 56.0 Å². The molecule has 0 fully saturated rings. The van der Waals surface area contributed by atoms with Crippen LogP contribution in [0, 0.1) is 5.92 Å². The molecule has 0 atom stereocenters. The molecule has 30 heavy (non-hydrogen) atoms. The van der Waals surface area contributed by atoms with Crippen molar-refractivity contribution in [1.29, 1.82) is 0 Å². The molecule has 160 valence electrons. The molecule has 0 spiro atoms. The van der Waals surface area contributed by atoms with Crippen LogP contribution in [0.5, 0.6) is 11.5 Å². The zero-order valence-corrected chi connectivity index (χ0v) is 18.5. The predicted octanol–water partition coefficient (Wildman–Crippen LogP) is 4.41. The lowest BCUT2D eigenvalue weighted by molar-refractivity contribution is 0.0739. The zero-order valence-electron chi connectivity index (χ0n) is 18.5. The standard InChI is InChI=1S/C24H31N3O3/c1-6-26(16-17(2)3)24(28)20-15-19-10-8-7-9-11-21(27(19)25-20)18-12-13-22(29-4)23(14-18)30-5/h7,9,11-15,17H,6,8,10,16H2,1-5H3/b9-7-,21-11-. The van der Waals surface area contributed by atoms with Crippen molar-refractivity contribution in [2.75, 3.05) is 27.3 Å². The van der Waals surface area contributed by atoms with Gasteiger partial charge in [-0.2, -0.15) is 5.10 Å². The van der Waals surface area contributed by atoms with E-state index in [1.54, 1.807) is 14.2 Å². The highest BCUT2D eigenvalue weighted by Gasteiger charge is 2.22. The van der Waals surface area contributed by atoms with E-state index in [-0.39, 0.29) is 5.91 Å². The number of benzene rings is 1. The maximum absolute atomic E-state index is 13.1. The molecule has 2 aromatic rings. The number of fused-ring (bicyclic) bond motifs is 1. The second kappa shape index (κ2) is 9.65. The van der Waals surface area contributed by atoms with E-state index in [1.165, 1.54) is 0 Å². The summed E-state index contributed by atoms with van der Waals surface area (Å²) in [4.78, 5) is 15.0. The van der Waals surface area contributed by atoms with Crippen molar-refractivity contribution in [2.45, 2.75) is 33.6 Å². The molecular weight excluding hydrogens is 378 g/mol. The number of allylic oxidation sites excluding steroid dienone is 3. The van der Waals surface area contributed by atoms with Crippen LogP contribution in [0.25, 0.3) is 5.70 Å². The summed E-state index contributed by atoms with van der Waals surface area (Å²) in [6, 6.07) is 7.73. The molecule has 0 saturated heterocycles. The number of aromatic nitrogens is 2. The number of amides is 1. The highest BCUT2D eigenvalue weighted by molar-refractivity contribution is 5.92. The lowest BCUT2D eigenvalue weighted by Gasteiger charge is -2.21. The number of carbonyl (C=O) groups excluding carboxylic acids is 1. The van der Waals surface area contributed by atoms with Gasteiger partial charge in [0.05, 0.1) is 19.9 Å². The number of aryl methyl sites for hydroxylation is 1. The summed E-state index contributed by atoms with van der Waals surface area (Å²) in [6.45, 7) is 7.62. The molecule has 1 amide bonds.